The molecule has 0 spiro atoms. The Hall–Kier alpha value is -2.55. The van der Waals surface area contributed by atoms with Gasteiger partial charge in [-0.2, -0.15) is 5.10 Å². The van der Waals surface area contributed by atoms with Crippen molar-refractivity contribution in [3.05, 3.63) is 17.7 Å². The Morgan fingerprint density at radius 3 is 2.86 bits per heavy atom. The monoisotopic (exact) mass is 320 g/mol. The van der Waals surface area contributed by atoms with Crippen molar-refractivity contribution in [2.75, 3.05) is 17.9 Å². The van der Waals surface area contributed by atoms with Crippen molar-refractivity contribution in [1.29, 1.82) is 0 Å². The summed E-state index contributed by atoms with van der Waals surface area (Å²) in [5.41, 5.74) is 1.17. The lowest BCUT2D eigenvalue weighted by atomic mass is 10.1. The summed E-state index contributed by atoms with van der Waals surface area (Å²) in [6.07, 6.45) is 1.48. The number of anilines is 1. The van der Waals surface area contributed by atoms with Crippen molar-refractivity contribution in [3.63, 3.8) is 0 Å². The molecule has 1 saturated heterocycles. The summed E-state index contributed by atoms with van der Waals surface area (Å²) < 4.78 is 10.6. The Morgan fingerprint density at radius 2 is 2.18 bits per heavy atom. The van der Waals surface area contributed by atoms with Crippen molar-refractivity contribution < 1.29 is 19.1 Å². The molecule has 0 unspecified atom stereocenters. The Kier molecular flexibility index (Phi) is 3.96. The lowest BCUT2D eigenvalue weighted by molar-refractivity contribution is -0.117. The van der Waals surface area contributed by atoms with Gasteiger partial charge in [0.2, 0.25) is 18.6 Å². The normalized spacial score (nSPS) is 18.0. The summed E-state index contributed by atoms with van der Waals surface area (Å²) in [7, 11) is 0. The fourth-order valence-corrected chi connectivity index (χ4v) is 2.52. The number of hydrogen-bond acceptors (Lipinski definition) is 7. The van der Waals surface area contributed by atoms with E-state index in [1.165, 1.54) is 24.9 Å². The van der Waals surface area contributed by atoms with Gasteiger partial charge in [0.1, 0.15) is 0 Å². The average Bonchev–Trinajstić information content (AvgIpc) is 3.07. The maximum absolute atomic E-state index is 11.3. The number of amides is 2. The summed E-state index contributed by atoms with van der Waals surface area (Å²) >= 11 is 1.28. The highest BCUT2D eigenvalue weighted by Gasteiger charge is 2.18. The summed E-state index contributed by atoms with van der Waals surface area (Å²) in [5, 5.41) is 13.6. The molecule has 0 saturated carbocycles. The van der Waals surface area contributed by atoms with Crippen LogP contribution < -0.4 is 20.1 Å². The standard InChI is InChI=1S/C13H12N4O4S/c1-7(18)15-9-3-11-10(20-6-21-11)2-8(9)4-14-17-13-16-12(19)5-22-13/h2-4H,5-6H2,1H3,(H,15,18)(H,16,17,19). The molecule has 0 bridgehead atoms. The second-order valence-corrected chi connectivity index (χ2v) is 5.42. The molecule has 0 aromatic heterocycles. The molecule has 9 heteroatoms. The van der Waals surface area contributed by atoms with E-state index in [9.17, 15) is 9.59 Å². The predicted molar refractivity (Wildman–Crippen MR) is 82.5 cm³/mol. The quantitative estimate of drug-likeness (QED) is 0.637. The van der Waals surface area contributed by atoms with Crippen molar-refractivity contribution in [3.8, 4) is 11.5 Å². The van der Waals surface area contributed by atoms with E-state index in [2.05, 4.69) is 20.8 Å². The number of ether oxygens (including phenoxy) is 2. The van der Waals surface area contributed by atoms with Crippen molar-refractivity contribution in [2.24, 2.45) is 10.2 Å². The van der Waals surface area contributed by atoms with E-state index in [-0.39, 0.29) is 18.6 Å². The number of carbonyl (C=O) groups is 2. The molecule has 2 heterocycles. The number of nitrogens with one attached hydrogen (secondary N) is 2. The Morgan fingerprint density at radius 1 is 1.41 bits per heavy atom. The third-order valence-corrected chi connectivity index (χ3v) is 3.65. The summed E-state index contributed by atoms with van der Waals surface area (Å²) in [4.78, 5) is 22.3. The molecule has 2 aliphatic heterocycles. The smallest absolute Gasteiger partial charge is 0.236 e. The predicted octanol–water partition coefficient (Wildman–Crippen LogP) is 0.927. The SMILES string of the molecule is CC(=O)Nc1cc2c(cc1C=NN=C1NC(=O)CS1)OCO2. The molecule has 2 N–H and O–H groups in total. The second kappa shape index (κ2) is 6.06. The van der Waals surface area contributed by atoms with Gasteiger partial charge >= 0.3 is 0 Å². The molecule has 1 aromatic rings. The van der Waals surface area contributed by atoms with Crippen LogP contribution in [-0.4, -0.2) is 35.7 Å². The van der Waals surface area contributed by atoms with Crippen molar-refractivity contribution >= 4 is 40.6 Å². The van der Waals surface area contributed by atoms with Gasteiger partial charge in [0.15, 0.2) is 16.7 Å². The number of rotatable bonds is 3. The molecule has 0 radical (unpaired) electrons. The van der Waals surface area contributed by atoms with E-state index in [1.54, 1.807) is 12.1 Å². The minimum atomic E-state index is -0.210. The lowest BCUT2D eigenvalue weighted by Gasteiger charge is -2.07. The number of amidine groups is 1. The second-order valence-electron chi connectivity index (χ2n) is 4.46. The van der Waals surface area contributed by atoms with Crippen LogP contribution >= 0.6 is 11.8 Å². The minimum absolute atomic E-state index is 0.0963. The van der Waals surface area contributed by atoms with Crippen LogP contribution in [-0.2, 0) is 9.59 Å². The molecule has 3 rings (SSSR count). The average molecular weight is 320 g/mol. The highest BCUT2D eigenvalue weighted by atomic mass is 32.2. The lowest BCUT2D eigenvalue weighted by Crippen LogP contribution is -2.19. The van der Waals surface area contributed by atoms with E-state index in [1.807, 2.05) is 0 Å². The van der Waals surface area contributed by atoms with Gasteiger partial charge in [-0.25, -0.2) is 0 Å². The van der Waals surface area contributed by atoms with Gasteiger partial charge in [0, 0.05) is 18.6 Å². The van der Waals surface area contributed by atoms with Gasteiger partial charge in [0.05, 0.1) is 17.7 Å². The zero-order chi connectivity index (χ0) is 15.5. The van der Waals surface area contributed by atoms with Crippen LogP contribution in [0.3, 0.4) is 0 Å². The number of benzene rings is 1. The minimum Gasteiger partial charge on any atom is -0.454 e. The first-order chi connectivity index (χ1) is 10.6. The summed E-state index contributed by atoms with van der Waals surface area (Å²) in [6, 6.07) is 3.38. The van der Waals surface area contributed by atoms with E-state index in [0.29, 0.717) is 33.7 Å². The Balaban J connectivity index is 1.85. The largest absolute Gasteiger partial charge is 0.454 e. The van der Waals surface area contributed by atoms with Crippen LogP contribution in [0.5, 0.6) is 11.5 Å². The van der Waals surface area contributed by atoms with E-state index < -0.39 is 0 Å². The number of nitrogens with zero attached hydrogens (tertiary/aromatic N) is 2. The van der Waals surface area contributed by atoms with Crippen molar-refractivity contribution in [2.45, 2.75) is 6.92 Å². The topological polar surface area (TPSA) is 101 Å². The molecule has 8 nitrogen and oxygen atoms in total. The van der Waals surface area contributed by atoms with Crippen LogP contribution in [0, 0.1) is 0 Å². The van der Waals surface area contributed by atoms with Crippen LogP contribution in [0.25, 0.3) is 0 Å². The summed E-state index contributed by atoms with van der Waals surface area (Å²) in [5.74, 6) is 1.17. The highest BCUT2D eigenvalue weighted by Crippen LogP contribution is 2.36. The Bertz CT molecular complexity index is 702. The number of thioether (sulfide) groups is 1. The number of fused-ring (bicyclic) bond motifs is 1. The van der Waals surface area contributed by atoms with Gasteiger partial charge in [-0.05, 0) is 6.07 Å². The molecule has 2 aliphatic rings. The first kappa shape index (κ1) is 14.4. The maximum Gasteiger partial charge on any atom is 0.236 e. The molecule has 114 valence electrons. The van der Waals surface area contributed by atoms with Crippen LogP contribution in [0.15, 0.2) is 22.3 Å². The fourth-order valence-electron chi connectivity index (χ4n) is 1.89. The maximum atomic E-state index is 11.3. The van der Waals surface area contributed by atoms with E-state index >= 15 is 0 Å². The third-order valence-electron chi connectivity index (χ3n) is 2.79. The molecule has 1 aromatic carbocycles. The van der Waals surface area contributed by atoms with Crippen LogP contribution in [0.2, 0.25) is 0 Å². The van der Waals surface area contributed by atoms with Gasteiger partial charge in [-0.3, -0.25) is 9.59 Å². The first-order valence-electron chi connectivity index (χ1n) is 6.37. The van der Waals surface area contributed by atoms with Crippen molar-refractivity contribution in [1.82, 2.24) is 5.32 Å². The zero-order valence-corrected chi connectivity index (χ0v) is 12.4. The van der Waals surface area contributed by atoms with Crippen LogP contribution in [0.1, 0.15) is 12.5 Å². The fraction of sp³-hybridized carbons (Fsp3) is 0.231. The molecular weight excluding hydrogens is 308 g/mol. The van der Waals surface area contributed by atoms with Gasteiger partial charge in [0.25, 0.3) is 0 Å². The van der Waals surface area contributed by atoms with E-state index in [0.717, 1.165) is 0 Å². The highest BCUT2D eigenvalue weighted by molar-refractivity contribution is 8.15. The van der Waals surface area contributed by atoms with Gasteiger partial charge in [-0.1, -0.05) is 11.8 Å². The van der Waals surface area contributed by atoms with Gasteiger partial charge in [-0.15, -0.1) is 5.10 Å². The number of carbonyl (C=O) groups excluding carboxylic acids is 2. The Labute approximate surface area is 130 Å². The summed E-state index contributed by atoms with van der Waals surface area (Å²) in [6.45, 7) is 1.55. The third kappa shape index (κ3) is 3.19. The number of hydrogen-bond donors (Lipinski definition) is 2. The van der Waals surface area contributed by atoms with Gasteiger partial charge < -0.3 is 20.1 Å². The molecular formula is C13H12N4O4S. The molecule has 22 heavy (non-hydrogen) atoms. The van der Waals surface area contributed by atoms with E-state index in [4.69, 9.17) is 9.47 Å². The first-order valence-corrected chi connectivity index (χ1v) is 7.35. The zero-order valence-electron chi connectivity index (χ0n) is 11.6. The molecule has 1 fully saturated rings. The molecule has 2 amide bonds. The molecule has 0 atom stereocenters. The molecule has 0 aliphatic carbocycles. The van der Waals surface area contributed by atoms with Crippen LogP contribution in [0.4, 0.5) is 5.69 Å².